The number of rotatable bonds is 6. The van der Waals surface area contributed by atoms with Gasteiger partial charge in [0.05, 0.1) is 18.8 Å². The Kier molecular flexibility index (Phi) is 5.15. The molecule has 0 radical (unpaired) electrons. The van der Waals surface area contributed by atoms with Crippen molar-refractivity contribution in [1.29, 1.82) is 0 Å². The highest BCUT2D eigenvalue weighted by Crippen LogP contribution is 2.25. The van der Waals surface area contributed by atoms with Crippen LogP contribution in [-0.2, 0) is 4.79 Å². The van der Waals surface area contributed by atoms with Gasteiger partial charge in [-0.2, -0.15) is 5.10 Å². The van der Waals surface area contributed by atoms with Crippen LogP contribution in [0, 0.1) is 6.92 Å². The van der Waals surface area contributed by atoms with Crippen molar-refractivity contribution in [1.82, 2.24) is 20.4 Å². The average Bonchev–Trinajstić information content (AvgIpc) is 3.26. The Balaban J connectivity index is 1.53. The first kappa shape index (κ1) is 16.5. The zero-order chi connectivity index (χ0) is 16.9. The third kappa shape index (κ3) is 3.76. The summed E-state index contributed by atoms with van der Waals surface area (Å²) >= 11 is 0. The highest BCUT2D eigenvalue weighted by atomic mass is 16.5. The molecule has 0 unspecified atom stereocenters. The second kappa shape index (κ2) is 7.49. The number of hydrogen-bond acceptors (Lipinski definition) is 4. The van der Waals surface area contributed by atoms with E-state index in [2.05, 4.69) is 15.5 Å². The molecule has 0 bridgehead atoms. The molecule has 0 aliphatic carbocycles. The Morgan fingerprint density at radius 3 is 3.04 bits per heavy atom. The van der Waals surface area contributed by atoms with E-state index in [1.807, 2.05) is 44.4 Å². The van der Waals surface area contributed by atoms with Crippen LogP contribution in [0.1, 0.15) is 18.5 Å². The quantitative estimate of drug-likeness (QED) is 0.851. The van der Waals surface area contributed by atoms with Gasteiger partial charge in [-0.25, -0.2) is 0 Å². The summed E-state index contributed by atoms with van der Waals surface area (Å²) in [6.45, 7) is 3.98. The van der Waals surface area contributed by atoms with E-state index in [9.17, 15) is 4.79 Å². The third-order valence-corrected chi connectivity index (χ3v) is 4.41. The standard InChI is InChI=1S/C18H24N4O2/c1-13-16(12-20-21-13)14-5-3-6-15(11-14)24-10-9-22(2)18(23)17-7-4-8-19-17/h3,5-6,11-12,17,19H,4,7-10H2,1-2H3,(H,20,21)/t17-/m1/s1. The van der Waals surface area contributed by atoms with Crippen molar-refractivity contribution < 1.29 is 9.53 Å². The minimum Gasteiger partial charge on any atom is -0.492 e. The molecule has 1 aromatic carbocycles. The van der Waals surface area contributed by atoms with Crippen LogP contribution < -0.4 is 10.1 Å². The van der Waals surface area contributed by atoms with Gasteiger partial charge in [-0.3, -0.25) is 9.89 Å². The number of hydrogen-bond donors (Lipinski definition) is 2. The number of H-pyrrole nitrogens is 1. The highest BCUT2D eigenvalue weighted by molar-refractivity contribution is 5.81. The lowest BCUT2D eigenvalue weighted by Crippen LogP contribution is -2.43. The summed E-state index contributed by atoms with van der Waals surface area (Å²) < 4.78 is 5.82. The molecular formula is C18H24N4O2. The molecule has 3 rings (SSSR count). The number of aromatic nitrogens is 2. The van der Waals surface area contributed by atoms with Crippen LogP contribution in [-0.4, -0.2) is 53.8 Å². The Morgan fingerprint density at radius 2 is 2.33 bits per heavy atom. The second-order valence-electron chi connectivity index (χ2n) is 6.19. The van der Waals surface area contributed by atoms with E-state index in [-0.39, 0.29) is 11.9 Å². The van der Waals surface area contributed by atoms with Gasteiger partial charge in [0.25, 0.3) is 0 Å². The Bertz CT molecular complexity index is 692. The van der Waals surface area contributed by atoms with Crippen molar-refractivity contribution in [3.63, 3.8) is 0 Å². The Hall–Kier alpha value is -2.34. The van der Waals surface area contributed by atoms with Crippen molar-refractivity contribution in [3.8, 4) is 16.9 Å². The van der Waals surface area contributed by atoms with E-state index in [1.54, 1.807) is 4.90 Å². The normalized spacial score (nSPS) is 17.0. The summed E-state index contributed by atoms with van der Waals surface area (Å²) in [5, 5.41) is 10.2. The molecule has 1 saturated heterocycles. The van der Waals surface area contributed by atoms with Crippen LogP contribution >= 0.6 is 0 Å². The number of nitrogens with one attached hydrogen (secondary N) is 2. The van der Waals surface area contributed by atoms with Crippen molar-refractivity contribution in [3.05, 3.63) is 36.2 Å². The molecule has 1 aliphatic rings. The average molecular weight is 328 g/mol. The molecule has 6 heteroatoms. The summed E-state index contributed by atoms with van der Waals surface area (Å²) in [4.78, 5) is 14.0. The fourth-order valence-electron chi connectivity index (χ4n) is 2.97. The molecule has 1 aliphatic heterocycles. The van der Waals surface area contributed by atoms with Crippen LogP contribution in [0.25, 0.3) is 11.1 Å². The summed E-state index contributed by atoms with van der Waals surface area (Å²) in [6.07, 6.45) is 3.81. The van der Waals surface area contributed by atoms with Crippen LogP contribution in [0.3, 0.4) is 0 Å². The van der Waals surface area contributed by atoms with E-state index in [4.69, 9.17) is 4.74 Å². The van der Waals surface area contributed by atoms with Gasteiger partial charge in [-0.15, -0.1) is 0 Å². The molecule has 1 aromatic heterocycles. The lowest BCUT2D eigenvalue weighted by Gasteiger charge is -2.21. The number of carbonyl (C=O) groups is 1. The van der Waals surface area contributed by atoms with Crippen molar-refractivity contribution in [2.45, 2.75) is 25.8 Å². The van der Waals surface area contributed by atoms with Gasteiger partial charge in [0.15, 0.2) is 0 Å². The van der Waals surface area contributed by atoms with Gasteiger partial charge in [0.1, 0.15) is 12.4 Å². The van der Waals surface area contributed by atoms with Gasteiger partial charge in [-0.1, -0.05) is 12.1 Å². The lowest BCUT2D eigenvalue weighted by atomic mass is 10.1. The molecule has 0 saturated carbocycles. The topological polar surface area (TPSA) is 70.2 Å². The zero-order valence-electron chi connectivity index (χ0n) is 14.2. The molecule has 2 aromatic rings. The predicted octanol–water partition coefficient (Wildman–Crippen LogP) is 1.97. The van der Waals surface area contributed by atoms with E-state index in [0.29, 0.717) is 13.2 Å². The zero-order valence-corrected chi connectivity index (χ0v) is 14.2. The molecule has 0 spiro atoms. The summed E-state index contributed by atoms with van der Waals surface area (Å²) in [5.74, 6) is 0.951. The Morgan fingerprint density at radius 1 is 1.46 bits per heavy atom. The number of amides is 1. The Labute approximate surface area is 142 Å². The molecule has 6 nitrogen and oxygen atoms in total. The smallest absolute Gasteiger partial charge is 0.239 e. The largest absolute Gasteiger partial charge is 0.492 e. The van der Waals surface area contributed by atoms with Gasteiger partial charge >= 0.3 is 0 Å². The van der Waals surface area contributed by atoms with Gasteiger partial charge < -0.3 is 15.0 Å². The van der Waals surface area contributed by atoms with Crippen LogP contribution in [0.5, 0.6) is 5.75 Å². The summed E-state index contributed by atoms with van der Waals surface area (Å²) in [6, 6.07) is 7.90. The number of aromatic amines is 1. The van der Waals surface area contributed by atoms with E-state index >= 15 is 0 Å². The van der Waals surface area contributed by atoms with Gasteiger partial charge in [0.2, 0.25) is 5.91 Å². The third-order valence-electron chi connectivity index (χ3n) is 4.41. The molecule has 2 N–H and O–H groups in total. The molecule has 1 atom stereocenters. The molecule has 24 heavy (non-hydrogen) atoms. The van der Waals surface area contributed by atoms with E-state index in [1.165, 1.54) is 0 Å². The first-order valence-electron chi connectivity index (χ1n) is 8.36. The van der Waals surface area contributed by atoms with Crippen LogP contribution in [0.2, 0.25) is 0 Å². The summed E-state index contributed by atoms with van der Waals surface area (Å²) in [7, 11) is 1.83. The minimum absolute atomic E-state index is 0.0256. The van der Waals surface area contributed by atoms with Crippen molar-refractivity contribution in [2.75, 3.05) is 26.7 Å². The maximum Gasteiger partial charge on any atom is 0.239 e. The lowest BCUT2D eigenvalue weighted by molar-refractivity contribution is -0.132. The molecule has 1 amide bonds. The minimum atomic E-state index is -0.0256. The number of ether oxygens (including phenoxy) is 1. The number of likely N-dealkylation sites (N-methyl/N-ethyl adjacent to an activating group) is 1. The highest BCUT2D eigenvalue weighted by Gasteiger charge is 2.24. The number of benzene rings is 1. The number of carbonyl (C=O) groups excluding carboxylic acids is 1. The summed E-state index contributed by atoms with van der Waals surface area (Å²) in [5.41, 5.74) is 3.17. The monoisotopic (exact) mass is 328 g/mol. The van der Waals surface area contributed by atoms with Crippen LogP contribution in [0.4, 0.5) is 0 Å². The first-order chi connectivity index (χ1) is 11.6. The fraction of sp³-hybridized carbons (Fsp3) is 0.444. The molecular weight excluding hydrogens is 304 g/mol. The van der Waals surface area contributed by atoms with Crippen molar-refractivity contribution >= 4 is 5.91 Å². The first-order valence-corrected chi connectivity index (χ1v) is 8.36. The molecule has 1 fully saturated rings. The SMILES string of the molecule is Cc1[nH]ncc1-c1cccc(OCCN(C)C(=O)[C@H]2CCCN2)c1. The maximum absolute atomic E-state index is 12.2. The second-order valence-corrected chi connectivity index (χ2v) is 6.19. The number of aryl methyl sites for hydroxylation is 1. The molecule has 128 valence electrons. The van der Waals surface area contributed by atoms with Gasteiger partial charge in [0, 0.05) is 18.3 Å². The fourth-order valence-corrected chi connectivity index (χ4v) is 2.97. The van der Waals surface area contributed by atoms with Gasteiger partial charge in [-0.05, 0) is 44.0 Å². The number of nitrogens with zero attached hydrogens (tertiary/aromatic N) is 2. The predicted molar refractivity (Wildman–Crippen MR) is 92.9 cm³/mol. The maximum atomic E-state index is 12.2. The van der Waals surface area contributed by atoms with Crippen molar-refractivity contribution in [2.24, 2.45) is 0 Å². The van der Waals surface area contributed by atoms with Crippen LogP contribution in [0.15, 0.2) is 30.5 Å². The molecule has 2 heterocycles. The van der Waals surface area contributed by atoms with E-state index < -0.39 is 0 Å². The van der Waals surface area contributed by atoms with E-state index in [0.717, 1.165) is 42.0 Å².